The number of fused-ring (bicyclic) bond motifs is 2. The van der Waals surface area contributed by atoms with Crippen LogP contribution in [0.25, 0.3) is 21.8 Å². The molecule has 7 nitrogen and oxygen atoms in total. The summed E-state index contributed by atoms with van der Waals surface area (Å²) in [4.78, 5) is 22.1. The van der Waals surface area contributed by atoms with E-state index in [4.69, 9.17) is 11.6 Å². The second-order valence-corrected chi connectivity index (χ2v) is 7.79. The second-order valence-electron chi connectivity index (χ2n) is 7.35. The Balaban J connectivity index is 1.39. The fourth-order valence-electron chi connectivity index (χ4n) is 3.69. The van der Waals surface area contributed by atoms with Crippen molar-refractivity contribution in [2.75, 3.05) is 23.3 Å². The number of rotatable bonds is 3. The Bertz CT molecular complexity index is 1260. The van der Waals surface area contributed by atoms with Crippen molar-refractivity contribution in [1.82, 2.24) is 20.2 Å². The Morgan fingerprint density at radius 1 is 1.17 bits per heavy atom. The third-order valence-corrected chi connectivity index (χ3v) is 5.59. The van der Waals surface area contributed by atoms with Crippen LogP contribution in [0.3, 0.4) is 0 Å². The number of nitrogens with one attached hydrogen (secondary N) is 3. The number of anilines is 2. The van der Waals surface area contributed by atoms with Crippen LogP contribution in [0.4, 0.5) is 20.3 Å². The van der Waals surface area contributed by atoms with Gasteiger partial charge in [-0.3, -0.25) is 9.89 Å². The van der Waals surface area contributed by atoms with Crippen LogP contribution >= 0.6 is 11.6 Å². The Hall–Kier alpha value is -3.20. The smallest absolute Gasteiger partial charge is 0.276 e. The molecule has 1 aliphatic rings. The summed E-state index contributed by atoms with van der Waals surface area (Å²) >= 11 is 6.06. The maximum atomic E-state index is 13.4. The fraction of sp³-hybridized carbons (Fsp3) is 0.250. The molecule has 4 aromatic rings. The first-order valence-electron chi connectivity index (χ1n) is 9.44. The lowest BCUT2D eigenvalue weighted by molar-refractivity contribution is -0.0221. The number of halogens is 3. The highest BCUT2D eigenvalue weighted by Gasteiger charge is 2.34. The van der Waals surface area contributed by atoms with Gasteiger partial charge < -0.3 is 15.2 Å². The van der Waals surface area contributed by atoms with Gasteiger partial charge in [-0.1, -0.05) is 11.6 Å². The number of pyridine rings is 1. The summed E-state index contributed by atoms with van der Waals surface area (Å²) < 4.78 is 26.8. The average molecular weight is 431 g/mol. The average Bonchev–Trinajstić information content (AvgIpc) is 3.31. The quantitative estimate of drug-likeness (QED) is 0.443. The summed E-state index contributed by atoms with van der Waals surface area (Å²) in [6.07, 6.45) is 2.84. The van der Waals surface area contributed by atoms with E-state index >= 15 is 0 Å². The summed E-state index contributed by atoms with van der Waals surface area (Å²) in [5, 5.41) is 11.7. The number of alkyl halides is 2. The van der Waals surface area contributed by atoms with Gasteiger partial charge in [0.15, 0.2) is 5.69 Å². The monoisotopic (exact) mass is 430 g/mol. The molecule has 10 heteroatoms. The minimum absolute atomic E-state index is 0.196. The molecule has 1 aromatic carbocycles. The lowest BCUT2D eigenvalue weighted by Crippen LogP contribution is -2.39. The lowest BCUT2D eigenvalue weighted by Gasteiger charge is -2.32. The topological polar surface area (TPSA) is 89.7 Å². The molecule has 0 radical (unpaired) electrons. The van der Waals surface area contributed by atoms with Crippen LogP contribution < -0.4 is 10.2 Å². The molecule has 154 valence electrons. The summed E-state index contributed by atoms with van der Waals surface area (Å²) in [5.41, 5.74) is 2.25. The Labute approximate surface area is 174 Å². The zero-order chi connectivity index (χ0) is 20.9. The van der Waals surface area contributed by atoms with Crippen LogP contribution in [0.5, 0.6) is 0 Å². The van der Waals surface area contributed by atoms with Gasteiger partial charge in [0.25, 0.3) is 11.8 Å². The van der Waals surface area contributed by atoms with E-state index in [2.05, 4.69) is 25.5 Å². The number of H-pyrrole nitrogens is 2. The second kappa shape index (κ2) is 6.94. The zero-order valence-electron chi connectivity index (χ0n) is 15.7. The highest BCUT2D eigenvalue weighted by Crippen LogP contribution is 2.31. The molecule has 0 aliphatic carbocycles. The fourth-order valence-corrected chi connectivity index (χ4v) is 3.86. The van der Waals surface area contributed by atoms with Crippen molar-refractivity contribution < 1.29 is 13.6 Å². The van der Waals surface area contributed by atoms with Gasteiger partial charge in [-0.15, -0.1) is 0 Å². The highest BCUT2D eigenvalue weighted by atomic mass is 35.5. The summed E-state index contributed by atoms with van der Waals surface area (Å²) in [6.45, 7) is 0.465. The predicted molar refractivity (Wildman–Crippen MR) is 112 cm³/mol. The van der Waals surface area contributed by atoms with Crippen molar-refractivity contribution in [2.45, 2.75) is 18.8 Å². The molecule has 0 bridgehead atoms. The number of benzene rings is 1. The summed E-state index contributed by atoms with van der Waals surface area (Å²) in [5.74, 6) is -2.43. The molecule has 1 fully saturated rings. The van der Waals surface area contributed by atoms with Crippen LogP contribution in [-0.4, -0.2) is 45.1 Å². The number of carbonyl (C=O) groups is 1. The van der Waals surface area contributed by atoms with Gasteiger partial charge in [0, 0.05) is 60.3 Å². The molecule has 5 rings (SSSR count). The molecular formula is C20H17ClF2N6O. The minimum Gasteiger partial charge on any atom is -0.359 e. The van der Waals surface area contributed by atoms with Gasteiger partial charge in [0.2, 0.25) is 0 Å². The SMILES string of the molecule is O=C(Nc1c[nH]c2ccc(Cl)cc12)c1n[nH]c2cc(N3CCC(F)(F)CC3)ncc12. The van der Waals surface area contributed by atoms with Crippen molar-refractivity contribution in [3.8, 4) is 0 Å². The number of piperidine rings is 1. The first-order chi connectivity index (χ1) is 14.4. The molecule has 0 unspecified atom stereocenters. The van der Waals surface area contributed by atoms with Gasteiger partial charge in [0.1, 0.15) is 5.82 Å². The van der Waals surface area contributed by atoms with E-state index in [1.54, 1.807) is 30.6 Å². The zero-order valence-corrected chi connectivity index (χ0v) is 16.4. The third-order valence-electron chi connectivity index (χ3n) is 5.36. The van der Waals surface area contributed by atoms with Crippen molar-refractivity contribution in [3.05, 3.63) is 47.4 Å². The maximum Gasteiger partial charge on any atom is 0.276 e. The van der Waals surface area contributed by atoms with Gasteiger partial charge in [-0.25, -0.2) is 13.8 Å². The van der Waals surface area contributed by atoms with E-state index in [0.717, 1.165) is 10.9 Å². The van der Waals surface area contributed by atoms with E-state index in [1.165, 1.54) is 0 Å². The number of aromatic amines is 2. The van der Waals surface area contributed by atoms with E-state index in [-0.39, 0.29) is 31.6 Å². The lowest BCUT2D eigenvalue weighted by atomic mass is 10.1. The van der Waals surface area contributed by atoms with E-state index in [0.29, 0.717) is 27.4 Å². The number of amides is 1. The molecule has 0 saturated carbocycles. The first kappa shape index (κ1) is 18.8. The van der Waals surface area contributed by atoms with Crippen LogP contribution in [-0.2, 0) is 0 Å². The first-order valence-corrected chi connectivity index (χ1v) is 9.82. The van der Waals surface area contributed by atoms with E-state index in [9.17, 15) is 13.6 Å². The minimum atomic E-state index is -2.62. The molecule has 1 saturated heterocycles. The summed E-state index contributed by atoms with van der Waals surface area (Å²) in [7, 11) is 0. The number of nitrogens with zero attached hydrogens (tertiary/aromatic N) is 3. The Morgan fingerprint density at radius 3 is 2.77 bits per heavy atom. The predicted octanol–water partition coefficient (Wildman–Crippen LogP) is 4.58. The standard InChI is InChI=1S/C20H17ClF2N6O/c21-11-1-2-14-12(7-11)16(10-24-14)26-19(30)18-13-9-25-17(8-15(13)27-28-18)29-5-3-20(22,23)4-6-29/h1-2,7-10,24H,3-6H2,(H,26,30)(H,27,28). The molecule has 0 spiro atoms. The molecular weight excluding hydrogens is 414 g/mol. The molecule has 4 heterocycles. The van der Waals surface area contributed by atoms with Crippen LogP contribution in [0.1, 0.15) is 23.3 Å². The van der Waals surface area contributed by atoms with Crippen molar-refractivity contribution in [1.29, 1.82) is 0 Å². The molecule has 3 aromatic heterocycles. The van der Waals surface area contributed by atoms with Crippen LogP contribution in [0.2, 0.25) is 5.02 Å². The normalized spacial score (nSPS) is 16.3. The number of hydrogen-bond acceptors (Lipinski definition) is 4. The maximum absolute atomic E-state index is 13.4. The van der Waals surface area contributed by atoms with Crippen molar-refractivity contribution >= 4 is 50.8 Å². The Kier molecular flexibility index (Phi) is 4.35. The number of hydrogen-bond donors (Lipinski definition) is 3. The van der Waals surface area contributed by atoms with Crippen molar-refractivity contribution in [3.63, 3.8) is 0 Å². The van der Waals surface area contributed by atoms with Crippen molar-refractivity contribution in [2.24, 2.45) is 0 Å². The van der Waals surface area contributed by atoms with Gasteiger partial charge in [0.05, 0.1) is 16.6 Å². The number of carbonyl (C=O) groups excluding carboxylic acids is 1. The molecule has 1 amide bonds. The molecule has 0 atom stereocenters. The summed E-state index contributed by atoms with van der Waals surface area (Å²) in [6, 6.07) is 7.09. The van der Waals surface area contributed by atoms with Crippen LogP contribution in [0, 0.1) is 0 Å². The molecule has 1 aliphatic heterocycles. The van der Waals surface area contributed by atoms with Gasteiger partial charge in [-0.2, -0.15) is 5.10 Å². The third kappa shape index (κ3) is 3.35. The van der Waals surface area contributed by atoms with Gasteiger partial charge in [-0.05, 0) is 18.2 Å². The largest absolute Gasteiger partial charge is 0.359 e. The van der Waals surface area contributed by atoms with Crippen LogP contribution in [0.15, 0.2) is 36.7 Å². The Morgan fingerprint density at radius 2 is 1.97 bits per heavy atom. The highest BCUT2D eigenvalue weighted by molar-refractivity contribution is 6.31. The number of aromatic nitrogens is 4. The van der Waals surface area contributed by atoms with E-state index < -0.39 is 11.8 Å². The van der Waals surface area contributed by atoms with E-state index in [1.807, 2.05) is 11.0 Å². The van der Waals surface area contributed by atoms with Gasteiger partial charge >= 0.3 is 0 Å². The molecule has 30 heavy (non-hydrogen) atoms. The molecule has 3 N–H and O–H groups in total.